The Labute approximate surface area is 291 Å². The average Bonchev–Trinajstić information content (AvgIpc) is 2.84. The molecule has 0 fully saturated rings. The van der Waals surface area contributed by atoms with Crippen molar-refractivity contribution in [2.75, 3.05) is 0 Å². The van der Waals surface area contributed by atoms with E-state index in [1.165, 1.54) is 36.4 Å². The number of carbonyl (C=O) groups is 6. The Bertz CT molecular complexity index is 1290. The molecule has 0 saturated carbocycles. The van der Waals surface area contributed by atoms with E-state index in [9.17, 15) is 28.8 Å². The Morgan fingerprint density at radius 2 is 0.537 bits per heavy atom. The van der Waals surface area contributed by atoms with Gasteiger partial charge >= 0.3 is 35.8 Å². The van der Waals surface area contributed by atoms with E-state index in [-0.39, 0.29) is 107 Å². The maximum Gasteiger partial charge on any atom is 0.336 e. The van der Waals surface area contributed by atoms with Gasteiger partial charge in [0, 0.05) is 73.7 Å². The number of carboxylic acid groups (broad SMARTS) is 6. The van der Waals surface area contributed by atoms with Crippen LogP contribution in [0.1, 0.15) is 78.8 Å². The van der Waals surface area contributed by atoms with Gasteiger partial charge < -0.3 is 30.6 Å². The summed E-state index contributed by atoms with van der Waals surface area (Å²) < 4.78 is 0. The molecule has 12 nitrogen and oxygen atoms in total. The van der Waals surface area contributed by atoms with Crippen LogP contribution in [-0.2, 0) is 0 Å². The molecule has 6 N–H and O–H groups in total. The van der Waals surface area contributed by atoms with Crippen LogP contribution in [0, 0.1) is 94.5 Å². The fourth-order valence-corrected chi connectivity index (χ4v) is 3.06. The number of benzene rings is 3. The zero-order chi connectivity index (χ0) is 30.0. The van der Waals surface area contributed by atoms with Gasteiger partial charge in [0.05, 0.1) is 33.4 Å². The van der Waals surface area contributed by atoms with Crippen molar-refractivity contribution in [3.63, 3.8) is 0 Å². The molecule has 3 rings (SSSR count). The van der Waals surface area contributed by atoms with Gasteiger partial charge in [0.1, 0.15) is 0 Å². The fraction of sp³-hybridized carbons (Fsp3) is 0.111. The molecule has 0 aliphatic rings. The summed E-state index contributed by atoms with van der Waals surface area (Å²) in [6.07, 6.45) is 0. The number of hydrogen-bond acceptors (Lipinski definition) is 6. The first-order valence-electron chi connectivity index (χ1n) is 10.8. The molecule has 0 bridgehead atoms. The molecular formula is C27H24Lu2O12. The van der Waals surface area contributed by atoms with Crippen LogP contribution in [0.4, 0.5) is 0 Å². The first-order chi connectivity index (χ1) is 18.1. The van der Waals surface area contributed by atoms with E-state index >= 15 is 0 Å². The van der Waals surface area contributed by atoms with E-state index in [0.717, 1.165) is 16.7 Å². The zero-order valence-electron chi connectivity index (χ0n) is 21.3. The van der Waals surface area contributed by atoms with E-state index in [0.29, 0.717) is 0 Å². The van der Waals surface area contributed by atoms with Gasteiger partial charge in [-0.15, -0.1) is 0 Å². The normalized spacial score (nSPS) is 9.15. The SMILES string of the molecule is Cc1ccc(C(=O)O)c(C(=O)O)c1.Cc1ccc(C(=O)O)c(C(=O)O)c1.Cc1ccc(C(=O)O)c(C(=O)O)c1.[Lu].[Lu]. The molecule has 0 atom stereocenters. The van der Waals surface area contributed by atoms with E-state index in [4.69, 9.17) is 30.6 Å². The molecule has 3 aromatic rings. The van der Waals surface area contributed by atoms with Crippen molar-refractivity contribution >= 4 is 35.8 Å². The predicted octanol–water partition coefficient (Wildman–Crippen LogP) is 4.17. The second kappa shape index (κ2) is 18.4. The van der Waals surface area contributed by atoms with Gasteiger partial charge in [0.25, 0.3) is 0 Å². The molecule has 3 aromatic carbocycles. The number of aryl methyl sites for hydroxylation is 3. The molecule has 0 heterocycles. The molecule has 0 aliphatic carbocycles. The molecule has 0 unspecified atom stereocenters. The number of carboxylic acids is 6. The molecule has 234 valence electrons. The molecule has 0 aromatic heterocycles. The molecule has 0 aliphatic heterocycles. The average molecular weight is 890 g/mol. The summed E-state index contributed by atoms with van der Waals surface area (Å²) in [6, 6.07) is 12.6. The Kier molecular flexibility index (Phi) is 18.0. The van der Waals surface area contributed by atoms with E-state index in [1.54, 1.807) is 39.0 Å². The van der Waals surface area contributed by atoms with Crippen LogP contribution in [0.5, 0.6) is 0 Å². The maximum atomic E-state index is 10.6. The minimum atomic E-state index is -1.22. The Balaban J connectivity index is 0. The van der Waals surface area contributed by atoms with Crippen molar-refractivity contribution in [2.45, 2.75) is 20.8 Å². The van der Waals surface area contributed by atoms with E-state index < -0.39 is 35.8 Å². The quantitative estimate of drug-likeness (QED) is 0.205. The first kappa shape index (κ1) is 40.1. The maximum absolute atomic E-state index is 10.6. The van der Waals surface area contributed by atoms with Gasteiger partial charge in [-0.2, -0.15) is 0 Å². The van der Waals surface area contributed by atoms with Gasteiger partial charge in [-0.25, -0.2) is 28.8 Å². The zero-order valence-corrected chi connectivity index (χ0v) is 24.7. The third-order valence-corrected chi connectivity index (χ3v) is 4.91. The summed E-state index contributed by atoms with van der Waals surface area (Å²) in [7, 11) is 0. The van der Waals surface area contributed by atoms with Gasteiger partial charge in [-0.05, 0) is 57.2 Å². The number of aromatic carboxylic acids is 6. The Morgan fingerprint density at radius 3 is 0.683 bits per heavy atom. The summed E-state index contributed by atoms with van der Waals surface area (Å²) in [4.78, 5) is 63.6. The molecule has 14 heteroatoms. The van der Waals surface area contributed by atoms with Crippen LogP contribution in [0.25, 0.3) is 0 Å². The smallest absolute Gasteiger partial charge is 0.336 e. The Hall–Kier alpha value is -3.05. The fourth-order valence-electron chi connectivity index (χ4n) is 3.06. The molecule has 2 radical (unpaired) electrons. The van der Waals surface area contributed by atoms with Crippen LogP contribution in [0.3, 0.4) is 0 Å². The second-order valence-corrected chi connectivity index (χ2v) is 7.98. The van der Waals surface area contributed by atoms with Gasteiger partial charge in [0.2, 0.25) is 0 Å². The van der Waals surface area contributed by atoms with Crippen LogP contribution in [0.15, 0.2) is 54.6 Å². The van der Waals surface area contributed by atoms with Crippen molar-refractivity contribution in [1.82, 2.24) is 0 Å². The van der Waals surface area contributed by atoms with Crippen LogP contribution in [0.2, 0.25) is 0 Å². The first-order valence-corrected chi connectivity index (χ1v) is 10.8. The molecule has 0 amide bonds. The van der Waals surface area contributed by atoms with Crippen molar-refractivity contribution in [3.05, 3.63) is 105 Å². The topological polar surface area (TPSA) is 224 Å². The summed E-state index contributed by atoms with van der Waals surface area (Å²) in [5.41, 5.74) is 1.11. The third-order valence-electron chi connectivity index (χ3n) is 4.91. The molecular weight excluding hydrogens is 866 g/mol. The van der Waals surface area contributed by atoms with Crippen LogP contribution in [-0.4, -0.2) is 66.5 Å². The van der Waals surface area contributed by atoms with Crippen molar-refractivity contribution in [2.24, 2.45) is 0 Å². The molecule has 0 saturated heterocycles. The number of rotatable bonds is 6. The van der Waals surface area contributed by atoms with Gasteiger partial charge in [-0.3, -0.25) is 0 Å². The van der Waals surface area contributed by atoms with Crippen molar-refractivity contribution in [3.8, 4) is 0 Å². The van der Waals surface area contributed by atoms with Gasteiger partial charge in [0.15, 0.2) is 0 Å². The summed E-state index contributed by atoms with van der Waals surface area (Å²) >= 11 is 0. The predicted molar refractivity (Wildman–Crippen MR) is 135 cm³/mol. The largest absolute Gasteiger partial charge is 0.478 e. The Morgan fingerprint density at radius 1 is 0.366 bits per heavy atom. The van der Waals surface area contributed by atoms with Crippen LogP contribution < -0.4 is 0 Å². The standard InChI is InChI=1S/3C9H8O4.2Lu/c3*1-5-2-3-6(8(10)11)7(4-5)9(12)13;;/h3*2-4H,1H3,(H,10,11)(H,12,13);;. The van der Waals surface area contributed by atoms with Crippen LogP contribution >= 0.6 is 0 Å². The van der Waals surface area contributed by atoms with Crippen molar-refractivity contribution < 1.29 is 133 Å². The van der Waals surface area contributed by atoms with Crippen molar-refractivity contribution in [1.29, 1.82) is 0 Å². The minimum absolute atomic E-state index is 0. The summed E-state index contributed by atoms with van der Waals surface area (Å²) in [5, 5.41) is 52.0. The number of hydrogen-bond donors (Lipinski definition) is 6. The third kappa shape index (κ3) is 12.6. The van der Waals surface area contributed by atoms with E-state index in [1.807, 2.05) is 0 Å². The molecule has 0 spiro atoms. The summed E-state index contributed by atoms with van der Waals surface area (Å²) in [5.74, 6) is -7.34. The minimum Gasteiger partial charge on any atom is -0.478 e. The van der Waals surface area contributed by atoms with Gasteiger partial charge in [-0.1, -0.05) is 34.9 Å². The second-order valence-electron chi connectivity index (χ2n) is 7.98. The summed E-state index contributed by atoms with van der Waals surface area (Å²) in [6.45, 7) is 5.12. The molecule has 41 heavy (non-hydrogen) atoms. The monoisotopic (exact) mass is 890 g/mol. The van der Waals surface area contributed by atoms with E-state index in [2.05, 4.69) is 0 Å².